The zero-order chi connectivity index (χ0) is 11.8. The van der Waals surface area contributed by atoms with Gasteiger partial charge in [0.2, 0.25) is 5.88 Å². The molecule has 1 aromatic rings. The predicted molar refractivity (Wildman–Crippen MR) is 62.0 cm³/mol. The van der Waals surface area contributed by atoms with E-state index in [2.05, 4.69) is 10.4 Å². The van der Waals surface area contributed by atoms with Crippen molar-refractivity contribution in [1.29, 1.82) is 0 Å². The number of aromatic nitrogens is 1. The summed E-state index contributed by atoms with van der Waals surface area (Å²) < 4.78 is 10.2. The van der Waals surface area contributed by atoms with Crippen LogP contribution < -0.4 is 16.0 Å². The Labute approximate surface area is 95.9 Å². The highest BCUT2D eigenvalue weighted by Crippen LogP contribution is 2.24. The van der Waals surface area contributed by atoms with Crippen molar-refractivity contribution in [3.05, 3.63) is 23.9 Å². The molecule has 0 saturated heterocycles. The highest BCUT2D eigenvalue weighted by atomic mass is 16.5. The summed E-state index contributed by atoms with van der Waals surface area (Å²) in [6.45, 7) is 0.723. The molecule has 5 heteroatoms. The first-order valence-corrected chi connectivity index (χ1v) is 5.27. The lowest BCUT2D eigenvalue weighted by molar-refractivity contribution is 0.188. The minimum atomic E-state index is 0.0406. The minimum Gasteiger partial charge on any atom is -0.481 e. The van der Waals surface area contributed by atoms with Crippen LogP contribution in [0.3, 0.4) is 0 Å². The van der Waals surface area contributed by atoms with Gasteiger partial charge >= 0.3 is 0 Å². The quantitative estimate of drug-likeness (QED) is 0.412. The van der Waals surface area contributed by atoms with Crippen molar-refractivity contribution in [2.24, 2.45) is 5.84 Å². The normalized spacial score (nSPS) is 12.4. The van der Waals surface area contributed by atoms with Gasteiger partial charge in [0.15, 0.2) is 0 Å². The van der Waals surface area contributed by atoms with Crippen LogP contribution >= 0.6 is 0 Å². The molecule has 0 spiro atoms. The molecule has 16 heavy (non-hydrogen) atoms. The number of pyridine rings is 1. The van der Waals surface area contributed by atoms with Gasteiger partial charge in [-0.15, -0.1) is 0 Å². The van der Waals surface area contributed by atoms with Crippen LogP contribution in [0.4, 0.5) is 0 Å². The third-order valence-corrected chi connectivity index (χ3v) is 2.41. The molecule has 3 N–H and O–H groups in total. The number of methoxy groups -OCH3 is 2. The van der Waals surface area contributed by atoms with E-state index in [-0.39, 0.29) is 6.04 Å². The monoisotopic (exact) mass is 225 g/mol. The van der Waals surface area contributed by atoms with E-state index in [0.717, 1.165) is 25.0 Å². The van der Waals surface area contributed by atoms with Crippen LogP contribution in [0.5, 0.6) is 5.88 Å². The van der Waals surface area contributed by atoms with Gasteiger partial charge in [0.1, 0.15) is 0 Å². The number of hydrazine groups is 1. The van der Waals surface area contributed by atoms with Gasteiger partial charge in [0.25, 0.3) is 0 Å². The van der Waals surface area contributed by atoms with Crippen molar-refractivity contribution in [2.75, 3.05) is 20.8 Å². The van der Waals surface area contributed by atoms with Crippen LogP contribution in [-0.4, -0.2) is 25.8 Å². The molecular formula is C11H19N3O2. The third-order valence-electron chi connectivity index (χ3n) is 2.41. The van der Waals surface area contributed by atoms with Crippen LogP contribution in [0.1, 0.15) is 24.4 Å². The number of nitrogens with one attached hydrogen (secondary N) is 1. The van der Waals surface area contributed by atoms with E-state index in [4.69, 9.17) is 15.3 Å². The fourth-order valence-corrected chi connectivity index (χ4v) is 1.60. The van der Waals surface area contributed by atoms with Gasteiger partial charge in [-0.05, 0) is 18.9 Å². The molecule has 0 amide bonds. The van der Waals surface area contributed by atoms with Crippen molar-refractivity contribution in [3.63, 3.8) is 0 Å². The van der Waals surface area contributed by atoms with Gasteiger partial charge in [-0.2, -0.15) is 0 Å². The lowest BCUT2D eigenvalue weighted by atomic mass is 10.0. The molecule has 1 rings (SSSR count). The highest BCUT2D eigenvalue weighted by molar-refractivity contribution is 5.28. The summed E-state index contributed by atoms with van der Waals surface area (Å²) >= 11 is 0. The highest BCUT2D eigenvalue weighted by Gasteiger charge is 2.14. The molecule has 0 aromatic carbocycles. The summed E-state index contributed by atoms with van der Waals surface area (Å²) in [5, 5.41) is 0. The van der Waals surface area contributed by atoms with E-state index in [0.29, 0.717) is 5.88 Å². The molecular weight excluding hydrogens is 206 g/mol. The van der Waals surface area contributed by atoms with Crippen LogP contribution in [0.25, 0.3) is 0 Å². The molecule has 0 bridgehead atoms. The van der Waals surface area contributed by atoms with Crippen molar-refractivity contribution >= 4 is 0 Å². The maximum absolute atomic E-state index is 5.54. The predicted octanol–water partition coefficient (Wildman–Crippen LogP) is 1.02. The molecule has 0 aliphatic heterocycles. The second kappa shape index (κ2) is 7.16. The van der Waals surface area contributed by atoms with E-state index in [1.54, 1.807) is 20.4 Å². The van der Waals surface area contributed by atoms with Crippen molar-refractivity contribution < 1.29 is 9.47 Å². The van der Waals surface area contributed by atoms with E-state index >= 15 is 0 Å². The van der Waals surface area contributed by atoms with Gasteiger partial charge in [0, 0.05) is 25.5 Å². The number of hydrogen-bond donors (Lipinski definition) is 2. The smallest absolute Gasteiger partial charge is 0.217 e. The average molecular weight is 225 g/mol. The first-order chi connectivity index (χ1) is 7.83. The van der Waals surface area contributed by atoms with Crippen molar-refractivity contribution in [3.8, 4) is 5.88 Å². The van der Waals surface area contributed by atoms with E-state index in [9.17, 15) is 0 Å². The molecule has 0 radical (unpaired) electrons. The lowest BCUT2D eigenvalue weighted by Gasteiger charge is -2.17. The van der Waals surface area contributed by atoms with Crippen LogP contribution in [0.2, 0.25) is 0 Å². The van der Waals surface area contributed by atoms with Crippen LogP contribution in [0, 0.1) is 0 Å². The zero-order valence-corrected chi connectivity index (χ0v) is 9.77. The summed E-state index contributed by atoms with van der Waals surface area (Å²) in [5.41, 5.74) is 3.75. The lowest BCUT2D eigenvalue weighted by Crippen LogP contribution is -2.28. The molecule has 5 nitrogen and oxygen atoms in total. The maximum atomic E-state index is 5.54. The summed E-state index contributed by atoms with van der Waals surface area (Å²) in [5.74, 6) is 6.15. The summed E-state index contributed by atoms with van der Waals surface area (Å²) in [7, 11) is 3.30. The Bertz CT molecular complexity index is 307. The zero-order valence-electron chi connectivity index (χ0n) is 9.77. The van der Waals surface area contributed by atoms with Gasteiger partial charge in [0.05, 0.1) is 13.2 Å². The molecule has 0 aliphatic rings. The Kier molecular flexibility index (Phi) is 5.77. The number of nitrogens with two attached hydrogens (primary N) is 1. The first kappa shape index (κ1) is 12.9. The summed E-state index contributed by atoms with van der Waals surface area (Å²) in [6.07, 6.45) is 3.51. The molecule has 0 saturated carbocycles. The van der Waals surface area contributed by atoms with E-state index in [1.165, 1.54) is 0 Å². The number of rotatable bonds is 7. The summed E-state index contributed by atoms with van der Waals surface area (Å²) in [4.78, 5) is 4.15. The van der Waals surface area contributed by atoms with E-state index in [1.807, 2.05) is 12.1 Å². The molecule has 90 valence electrons. The van der Waals surface area contributed by atoms with Crippen molar-refractivity contribution in [2.45, 2.75) is 18.9 Å². The fraction of sp³-hybridized carbons (Fsp3) is 0.545. The fourth-order valence-electron chi connectivity index (χ4n) is 1.60. The minimum absolute atomic E-state index is 0.0406. The van der Waals surface area contributed by atoms with Gasteiger partial charge < -0.3 is 9.47 Å². The molecule has 1 unspecified atom stereocenters. The Balaban J connectivity index is 2.69. The second-order valence-electron chi connectivity index (χ2n) is 3.46. The number of ether oxygens (including phenoxy) is 2. The third kappa shape index (κ3) is 3.44. The molecule has 0 fully saturated rings. The van der Waals surface area contributed by atoms with Gasteiger partial charge in [-0.3, -0.25) is 11.3 Å². The van der Waals surface area contributed by atoms with Crippen LogP contribution in [-0.2, 0) is 4.74 Å². The maximum Gasteiger partial charge on any atom is 0.217 e. The van der Waals surface area contributed by atoms with Gasteiger partial charge in [-0.25, -0.2) is 4.98 Å². The van der Waals surface area contributed by atoms with Crippen LogP contribution in [0.15, 0.2) is 18.3 Å². The summed E-state index contributed by atoms with van der Waals surface area (Å²) in [6, 6.07) is 3.88. The Morgan fingerprint density at radius 1 is 1.50 bits per heavy atom. The van der Waals surface area contributed by atoms with Crippen molar-refractivity contribution in [1.82, 2.24) is 10.4 Å². The Morgan fingerprint density at radius 3 is 2.94 bits per heavy atom. The standard InChI is InChI=1S/C11H19N3O2/c1-15-8-4-6-10(14-12)9-5-3-7-13-11(9)16-2/h3,5,7,10,14H,4,6,8,12H2,1-2H3. The first-order valence-electron chi connectivity index (χ1n) is 5.27. The largest absolute Gasteiger partial charge is 0.481 e. The molecule has 0 aliphatic carbocycles. The molecule has 1 atom stereocenters. The average Bonchev–Trinajstić information content (AvgIpc) is 2.35. The number of hydrogen-bond acceptors (Lipinski definition) is 5. The van der Waals surface area contributed by atoms with Gasteiger partial charge in [-0.1, -0.05) is 6.07 Å². The molecule has 1 aromatic heterocycles. The second-order valence-corrected chi connectivity index (χ2v) is 3.46. The Morgan fingerprint density at radius 2 is 2.31 bits per heavy atom. The Hall–Kier alpha value is -1.17. The number of nitrogens with zero attached hydrogens (tertiary/aromatic N) is 1. The SMILES string of the molecule is COCCCC(NN)c1cccnc1OC. The topological polar surface area (TPSA) is 69.4 Å². The molecule has 1 heterocycles. The van der Waals surface area contributed by atoms with E-state index < -0.39 is 0 Å².